The third kappa shape index (κ3) is 3.68. The number of benzene rings is 1. The number of aliphatic hydroxyl groups excluding tert-OH is 1. The molecule has 0 fully saturated rings. The minimum atomic E-state index is -0.711. The summed E-state index contributed by atoms with van der Waals surface area (Å²) >= 11 is 0. The smallest absolute Gasteiger partial charge is 0.305 e. The Hall–Kier alpha value is -2.14. The van der Waals surface area contributed by atoms with Crippen LogP contribution in [0.15, 0.2) is 42.7 Å². The van der Waals surface area contributed by atoms with E-state index in [1.807, 2.05) is 30.3 Å². The van der Waals surface area contributed by atoms with Crippen molar-refractivity contribution < 1.29 is 14.6 Å². The Morgan fingerprint density at radius 1 is 1.40 bits per heavy atom. The van der Waals surface area contributed by atoms with Crippen LogP contribution in [0.3, 0.4) is 0 Å². The van der Waals surface area contributed by atoms with E-state index >= 15 is 0 Å². The van der Waals surface area contributed by atoms with E-state index in [4.69, 9.17) is 4.74 Å². The van der Waals surface area contributed by atoms with Gasteiger partial charge in [-0.25, -0.2) is 4.68 Å². The van der Waals surface area contributed by atoms with Gasteiger partial charge in [0.15, 0.2) is 0 Å². The van der Waals surface area contributed by atoms with Gasteiger partial charge in [0, 0.05) is 18.2 Å². The number of aliphatic hydroxyl groups is 1. The van der Waals surface area contributed by atoms with E-state index < -0.39 is 6.10 Å². The highest BCUT2D eigenvalue weighted by Gasteiger charge is 2.13. The molecule has 0 aliphatic rings. The summed E-state index contributed by atoms with van der Waals surface area (Å²) in [7, 11) is 0. The number of carbonyl (C=O) groups excluding carboxylic acids is 1. The van der Waals surface area contributed by atoms with E-state index in [2.05, 4.69) is 5.10 Å². The quantitative estimate of drug-likeness (QED) is 0.821. The van der Waals surface area contributed by atoms with Gasteiger partial charge in [0.2, 0.25) is 0 Å². The van der Waals surface area contributed by atoms with Crippen molar-refractivity contribution in [1.29, 1.82) is 0 Å². The summed E-state index contributed by atoms with van der Waals surface area (Å²) < 4.78 is 6.53. The van der Waals surface area contributed by atoms with Gasteiger partial charge in [-0.2, -0.15) is 5.10 Å². The second-order valence-corrected chi connectivity index (χ2v) is 4.41. The summed E-state index contributed by atoms with van der Waals surface area (Å²) in [5.41, 5.74) is 1.62. The first-order valence-corrected chi connectivity index (χ1v) is 6.64. The van der Waals surface area contributed by atoms with Gasteiger partial charge in [-0.1, -0.05) is 18.2 Å². The number of carbonyl (C=O) groups is 1. The lowest BCUT2D eigenvalue weighted by Gasteiger charge is -2.07. The van der Waals surface area contributed by atoms with Crippen LogP contribution in [0.1, 0.15) is 31.4 Å². The third-order valence-electron chi connectivity index (χ3n) is 2.94. The zero-order valence-electron chi connectivity index (χ0n) is 11.4. The number of rotatable bonds is 6. The van der Waals surface area contributed by atoms with Crippen molar-refractivity contribution in [3.8, 4) is 5.69 Å². The van der Waals surface area contributed by atoms with Crippen molar-refractivity contribution >= 4 is 5.97 Å². The van der Waals surface area contributed by atoms with Crippen molar-refractivity contribution in [3.63, 3.8) is 0 Å². The molecule has 1 atom stereocenters. The molecule has 0 amide bonds. The Kier molecular flexibility index (Phi) is 4.90. The molecule has 1 heterocycles. The number of aromatic nitrogens is 2. The first kappa shape index (κ1) is 14.3. The normalized spacial score (nSPS) is 12.1. The zero-order valence-corrected chi connectivity index (χ0v) is 11.4. The second kappa shape index (κ2) is 6.86. The summed E-state index contributed by atoms with van der Waals surface area (Å²) in [5, 5.41) is 14.2. The predicted octanol–water partition coefficient (Wildman–Crippen LogP) is 2.25. The molecule has 5 heteroatoms. The zero-order chi connectivity index (χ0) is 14.4. The standard InChI is InChI=1S/C15H18N2O3/c1-2-20-15(19)9-8-14(18)12-10-16-17(11-12)13-6-4-3-5-7-13/h3-7,10-11,14,18H,2,8-9H2,1H3. The minimum Gasteiger partial charge on any atom is -0.466 e. The largest absolute Gasteiger partial charge is 0.466 e. The van der Waals surface area contributed by atoms with Crippen molar-refractivity contribution in [2.24, 2.45) is 0 Å². The number of nitrogens with zero attached hydrogens (tertiary/aromatic N) is 2. The van der Waals surface area contributed by atoms with E-state index in [1.165, 1.54) is 0 Å². The molecule has 2 aromatic rings. The predicted molar refractivity (Wildman–Crippen MR) is 74.4 cm³/mol. The molecule has 0 spiro atoms. The van der Waals surface area contributed by atoms with Crippen LogP contribution in [0.25, 0.3) is 5.69 Å². The molecular formula is C15H18N2O3. The van der Waals surface area contributed by atoms with Crippen molar-refractivity contribution in [2.45, 2.75) is 25.9 Å². The Balaban J connectivity index is 1.96. The minimum absolute atomic E-state index is 0.200. The Labute approximate surface area is 117 Å². The highest BCUT2D eigenvalue weighted by Crippen LogP contribution is 2.19. The van der Waals surface area contributed by atoms with Gasteiger partial charge >= 0.3 is 5.97 Å². The van der Waals surface area contributed by atoms with Crippen LogP contribution in [0.4, 0.5) is 0 Å². The maximum atomic E-state index is 11.3. The summed E-state index contributed by atoms with van der Waals surface area (Å²) in [6.45, 7) is 2.12. The van der Waals surface area contributed by atoms with Gasteiger partial charge in [-0.15, -0.1) is 0 Å². The van der Waals surface area contributed by atoms with E-state index in [0.717, 1.165) is 5.69 Å². The molecule has 0 saturated carbocycles. The number of hydrogen-bond donors (Lipinski definition) is 1. The van der Waals surface area contributed by atoms with E-state index in [1.54, 1.807) is 24.0 Å². The maximum absolute atomic E-state index is 11.3. The van der Waals surface area contributed by atoms with Crippen LogP contribution < -0.4 is 0 Å². The molecule has 0 aliphatic heterocycles. The Morgan fingerprint density at radius 2 is 2.15 bits per heavy atom. The molecule has 1 aromatic carbocycles. The molecule has 0 bridgehead atoms. The summed E-state index contributed by atoms with van der Waals surface area (Å²) in [5.74, 6) is -0.290. The number of hydrogen-bond acceptors (Lipinski definition) is 4. The molecule has 20 heavy (non-hydrogen) atoms. The number of esters is 1. The molecular weight excluding hydrogens is 256 g/mol. The van der Waals surface area contributed by atoms with Gasteiger partial charge < -0.3 is 9.84 Å². The highest BCUT2D eigenvalue weighted by atomic mass is 16.5. The number of para-hydroxylation sites is 1. The second-order valence-electron chi connectivity index (χ2n) is 4.41. The van der Waals surface area contributed by atoms with Crippen LogP contribution in [0.2, 0.25) is 0 Å². The van der Waals surface area contributed by atoms with E-state index in [0.29, 0.717) is 18.6 Å². The Morgan fingerprint density at radius 3 is 2.85 bits per heavy atom. The van der Waals surface area contributed by atoms with Gasteiger partial charge in [0.1, 0.15) is 0 Å². The maximum Gasteiger partial charge on any atom is 0.305 e. The third-order valence-corrected chi connectivity index (χ3v) is 2.94. The highest BCUT2D eigenvalue weighted by molar-refractivity contribution is 5.69. The molecule has 0 radical (unpaired) electrons. The fraction of sp³-hybridized carbons (Fsp3) is 0.333. The lowest BCUT2D eigenvalue weighted by atomic mass is 10.1. The first-order chi connectivity index (χ1) is 9.70. The average molecular weight is 274 g/mol. The molecule has 1 unspecified atom stereocenters. The molecule has 1 aromatic heterocycles. The summed E-state index contributed by atoms with van der Waals surface area (Å²) in [4.78, 5) is 11.3. The van der Waals surface area contributed by atoms with Gasteiger partial charge in [-0.05, 0) is 25.5 Å². The van der Waals surface area contributed by atoms with E-state index in [9.17, 15) is 9.90 Å². The van der Waals surface area contributed by atoms with Crippen LogP contribution in [0.5, 0.6) is 0 Å². The van der Waals surface area contributed by atoms with Crippen LogP contribution in [-0.4, -0.2) is 27.5 Å². The van der Waals surface area contributed by atoms with Crippen LogP contribution in [0, 0.1) is 0 Å². The molecule has 5 nitrogen and oxygen atoms in total. The lowest BCUT2D eigenvalue weighted by Crippen LogP contribution is -2.06. The lowest BCUT2D eigenvalue weighted by molar-refractivity contribution is -0.143. The average Bonchev–Trinajstić information content (AvgIpc) is 2.96. The monoisotopic (exact) mass is 274 g/mol. The molecule has 2 rings (SSSR count). The topological polar surface area (TPSA) is 64.3 Å². The molecule has 0 aliphatic carbocycles. The van der Waals surface area contributed by atoms with Crippen molar-refractivity contribution in [3.05, 3.63) is 48.3 Å². The van der Waals surface area contributed by atoms with Crippen molar-refractivity contribution in [2.75, 3.05) is 6.61 Å². The number of ether oxygens (including phenoxy) is 1. The van der Waals surface area contributed by atoms with Gasteiger partial charge in [0.05, 0.1) is 24.6 Å². The van der Waals surface area contributed by atoms with Gasteiger partial charge in [0.25, 0.3) is 0 Å². The summed E-state index contributed by atoms with van der Waals surface area (Å²) in [6, 6.07) is 9.65. The van der Waals surface area contributed by atoms with Gasteiger partial charge in [-0.3, -0.25) is 4.79 Å². The Bertz CT molecular complexity index is 551. The van der Waals surface area contributed by atoms with Crippen LogP contribution >= 0.6 is 0 Å². The molecule has 0 saturated heterocycles. The van der Waals surface area contributed by atoms with Crippen molar-refractivity contribution in [1.82, 2.24) is 9.78 Å². The fourth-order valence-electron chi connectivity index (χ4n) is 1.89. The van der Waals surface area contributed by atoms with E-state index in [-0.39, 0.29) is 12.4 Å². The molecule has 1 N–H and O–H groups in total. The van der Waals surface area contributed by atoms with Crippen LogP contribution in [-0.2, 0) is 9.53 Å². The fourth-order valence-corrected chi connectivity index (χ4v) is 1.89. The SMILES string of the molecule is CCOC(=O)CCC(O)c1cnn(-c2ccccc2)c1. The molecule has 106 valence electrons. The summed E-state index contributed by atoms with van der Waals surface area (Å²) in [6.07, 6.45) is 3.20. The first-order valence-electron chi connectivity index (χ1n) is 6.64.